The predicted octanol–water partition coefficient (Wildman–Crippen LogP) is -4.07. The van der Waals surface area contributed by atoms with Crippen LogP contribution in [0.4, 0.5) is 0 Å². The first kappa shape index (κ1) is 16.9. The molecule has 8 heavy (non-hydrogen) atoms. The van der Waals surface area contributed by atoms with E-state index in [0.29, 0.717) is 0 Å². The Kier molecular flexibility index (Phi) is 16.3. The third kappa shape index (κ3) is 15.8. The van der Waals surface area contributed by atoms with Crippen LogP contribution in [-0.4, -0.2) is 13.0 Å². The Balaban J connectivity index is -0.000000125. The fourth-order valence-corrected chi connectivity index (χ4v) is 0. The summed E-state index contributed by atoms with van der Waals surface area (Å²) in [5, 5.41) is 0. The summed E-state index contributed by atoms with van der Waals surface area (Å²) in [6.07, 6.45) is 0. The minimum Gasteiger partial charge on any atom is -0.727 e. The van der Waals surface area contributed by atoms with Gasteiger partial charge in [0.25, 0.3) is 0 Å². The van der Waals surface area contributed by atoms with Gasteiger partial charge in [0.05, 0.1) is 0 Å². The van der Waals surface area contributed by atoms with Crippen LogP contribution in [0.5, 0.6) is 0 Å². The largest absolute Gasteiger partial charge is 1.00 e. The van der Waals surface area contributed by atoms with Gasteiger partial charge in [-0.3, -0.25) is 0 Å². The Morgan fingerprint density at radius 3 is 1.62 bits per heavy atom. The molecule has 0 aromatic heterocycles. The Hall–Kier alpha value is 2.60. The maximum Gasteiger partial charge on any atom is 1.00 e. The van der Waals surface area contributed by atoms with Crippen LogP contribution in [0.2, 0.25) is 0 Å². The van der Waals surface area contributed by atoms with Gasteiger partial charge < -0.3 is 21.1 Å². The molecule has 0 saturated carbocycles. The topological polar surface area (TPSA) is 66.4 Å². The zero-order valence-electron chi connectivity index (χ0n) is 3.75. The van der Waals surface area contributed by atoms with Crippen molar-refractivity contribution in [2.45, 2.75) is 0 Å². The van der Waals surface area contributed by atoms with Gasteiger partial charge in [0.15, 0.2) is 10.4 Å². The van der Waals surface area contributed by atoms with Gasteiger partial charge in [0.1, 0.15) is 0 Å². The molecule has 0 fully saturated rings. The van der Waals surface area contributed by atoms with Crippen LogP contribution < -0.4 is 51.4 Å². The molecule has 0 radical (unpaired) electrons. The summed E-state index contributed by atoms with van der Waals surface area (Å²) in [6, 6.07) is 0. The van der Waals surface area contributed by atoms with E-state index in [2.05, 4.69) is 16.5 Å². The minimum absolute atomic E-state index is 0. The van der Waals surface area contributed by atoms with Crippen LogP contribution in [0.15, 0.2) is 0 Å². The van der Waals surface area contributed by atoms with Gasteiger partial charge in [-0.15, -0.1) is 0 Å². The van der Waals surface area contributed by atoms with E-state index in [4.69, 9.17) is 13.0 Å². The molecule has 0 N–H and O–H groups in total. The van der Waals surface area contributed by atoms with Crippen molar-refractivity contribution in [3.05, 3.63) is 0 Å². The molecule has 0 aromatic rings. The molecule has 0 bridgehead atoms. The molecule has 4 nitrogen and oxygen atoms in total. The van der Waals surface area contributed by atoms with Crippen molar-refractivity contribution in [3.8, 4) is 0 Å². The van der Waals surface area contributed by atoms with E-state index in [1.54, 1.807) is 0 Å². The van der Waals surface area contributed by atoms with Gasteiger partial charge in [-0.05, 0) is 0 Å². The summed E-state index contributed by atoms with van der Waals surface area (Å²) in [4.78, 5) is 0. The standard InChI is InChI=1S/Au.K.H2O4S2/c;;1-6(2,3)4-5/h;;5H,(H,1,2,3)/q2*+1;/p-2. The van der Waals surface area contributed by atoms with E-state index in [9.17, 15) is 0 Å². The van der Waals surface area contributed by atoms with Crippen LogP contribution in [0.1, 0.15) is 0 Å². The van der Waals surface area contributed by atoms with Crippen molar-refractivity contribution in [3.63, 3.8) is 0 Å². The van der Waals surface area contributed by atoms with Gasteiger partial charge in [-0.25, -0.2) is 8.42 Å². The molecular formula is AuKO4S2. The molecule has 0 spiro atoms. The van der Waals surface area contributed by atoms with Gasteiger partial charge in [0, 0.05) is 0 Å². The van der Waals surface area contributed by atoms with Crippen molar-refractivity contribution in [1.82, 2.24) is 0 Å². The second kappa shape index (κ2) is 7.70. The number of hydrogen-bond donors (Lipinski definition) is 0. The van der Waals surface area contributed by atoms with Crippen LogP contribution in [0, 0.1) is 0 Å². The molecule has 0 unspecified atom stereocenters. The van der Waals surface area contributed by atoms with Crippen LogP contribution in [0.25, 0.3) is 0 Å². The molecule has 0 rings (SSSR count). The van der Waals surface area contributed by atoms with E-state index < -0.39 is 10.4 Å². The molecule has 48 valence electrons. The molecule has 0 saturated heterocycles. The predicted molar refractivity (Wildman–Crippen MR) is 18.1 cm³/mol. The fourth-order valence-electron chi connectivity index (χ4n) is 0. The Bertz CT molecular complexity index is 116. The smallest absolute Gasteiger partial charge is 0.727 e. The maximum absolute atomic E-state index is 9.12. The van der Waals surface area contributed by atoms with Gasteiger partial charge >= 0.3 is 73.8 Å². The van der Waals surface area contributed by atoms with Crippen LogP contribution >= 0.6 is 0 Å². The molecule has 8 heteroatoms. The second-order valence-electron chi connectivity index (χ2n) is 0.476. The van der Waals surface area contributed by atoms with Gasteiger partial charge in [-0.2, -0.15) is 0 Å². The quantitative estimate of drug-likeness (QED) is 0.205. The molecule has 0 aliphatic carbocycles. The van der Waals surface area contributed by atoms with E-state index in [1.165, 1.54) is 0 Å². The normalized spacial score (nSPS) is 8.75. The first-order chi connectivity index (χ1) is 2.56. The first-order valence-electron chi connectivity index (χ1n) is 0.833. The van der Waals surface area contributed by atoms with E-state index >= 15 is 0 Å². The zero-order chi connectivity index (χ0) is 5.21. The molecule has 0 aliphatic heterocycles. The first-order valence-corrected chi connectivity index (χ1v) is 2.50. The zero-order valence-corrected chi connectivity index (χ0v) is 10.7. The molecule has 0 aliphatic rings. The average molecular weight is 364 g/mol. The van der Waals surface area contributed by atoms with Crippen molar-refractivity contribution >= 4 is 23.3 Å². The summed E-state index contributed by atoms with van der Waals surface area (Å²) in [5.74, 6) is 0. The number of hydrogen-bond acceptors (Lipinski definition) is 5. The van der Waals surface area contributed by atoms with Crippen LogP contribution in [-0.2, 0) is 49.3 Å². The van der Waals surface area contributed by atoms with E-state index in [1.807, 2.05) is 0 Å². The summed E-state index contributed by atoms with van der Waals surface area (Å²) < 4.78 is 30.3. The summed E-state index contributed by atoms with van der Waals surface area (Å²) >= 11 is 3.39. The Labute approximate surface area is 111 Å². The molecule has 0 amide bonds. The summed E-state index contributed by atoms with van der Waals surface area (Å²) in [7, 11) is -4.60. The average Bonchev–Trinajstić information content (AvgIpc) is 1.35. The van der Waals surface area contributed by atoms with Crippen LogP contribution in [0.3, 0.4) is 0 Å². The molecule has 0 atom stereocenters. The van der Waals surface area contributed by atoms with Crippen molar-refractivity contribution in [2.75, 3.05) is 0 Å². The molecule has 0 aromatic carbocycles. The van der Waals surface area contributed by atoms with Crippen molar-refractivity contribution in [1.29, 1.82) is 0 Å². The van der Waals surface area contributed by atoms with E-state index in [-0.39, 0.29) is 73.8 Å². The SMILES string of the molecule is O=S(=O)([O-])O[S-].[Au+].[K+]. The summed E-state index contributed by atoms with van der Waals surface area (Å²) in [5.41, 5.74) is 0. The Morgan fingerprint density at radius 1 is 1.50 bits per heavy atom. The monoisotopic (exact) mass is 364 g/mol. The number of rotatable bonds is 1. The summed E-state index contributed by atoms with van der Waals surface area (Å²) in [6.45, 7) is 0. The Morgan fingerprint density at radius 2 is 1.62 bits per heavy atom. The van der Waals surface area contributed by atoms with Crippen molar-refractivity contribution < 1.29 is 90.4 Å². The van der Waals surface area contributed by atoms with Crippen molar-refractivity contribution in [2.24, 2.45) is 0 Å². The molecular weight excluding hydrogens is 364 g/mol. The van der Waals surface area contributed by atoms with Gasteiger partial charge in [-0.1, -0.05) is 0 Å². The molecule has 0 heterocycles. The van der Waals surface area contributed by atoms with Gasteiger partial charge in [0.2, 0.25) is 0 Å². The third-order valence-corrected chi connectivity index (χ3v) is 0.750. The second-order valence-corrected chi connectivity index (χ2v) is 1.84. The third-order valence-electron chi connectivity index (χ3n) is 0.0833. The minimum atomic E-state index is -4.60. The maximum atomic E-state index is 9.12. The fraction of sp³-hybridized carbons (Fsp3) is 0. The van der Waals surface area contributed by atoms with E-state index in [0.717, 1.165) is 0 Å².